The van der Waals surface area contributed by atoms with Gasteiger partial charge in [0.1, 0.15) is 5.75 Å². The van der Waals surface area contributed by atoms with E-state index in [1.165, 1.54) is 11.1 Å². The van der Waals surface area contributed by atoms with Gasteiger partial charge in [-0.05, 0) is 48.6 Å². The van der Waals surface area contributed by atoms with Crippen LogP contribution in [0.2, 0.25) is 0 Å². The quantitative estimate of drug-likeness (QED) is 0.927. The maximum absolute atomic E-state index is 6.29. The van der Waals surface area contributed by atoms with Gasteiger partial charge in [0.15, 0.2) is 0 Å². The van der Waals surface area contributed by atoms with Gasteiger partial charge in [-0.1, -0.05) is 18.2 Å². The molecular weight excluding hydrogens is 248 g/mol. The highest BCUT2D eigenvalue weighted by atomic mass is 16.5. The first-order valence-electron chi connectivity index (χ1n) is 7.16. The first-order valence-corrected chi connectivity index (χ1v) is 7.16. The Kier molecular flexibility index (Phi) is 3.70. The van der Waals surface area contributed by atoms with Gasteiger partial charge in [-0.25, -0.2) is 0 Å². The van der Waals surface area contributed by atoms with Gasteiger partial charge in [0, 0.05) is 24.4 Å². The third kappa shape index (κ3) is 2.68. The molecular formula is C17H20N2O. The van der Waals surface area contributed by atoms with E-state index in [4.69, 9.17) is 10.5 Å². The summed E-state index contributed by atoms with van der Waals surface area (Å²) in [6.45, 7) is 2.83. The van der Waals surface area contributed by atoms with Crippen LogP contribution in [0.5, 0.6) is 5.75 Å². The molecule has 1 aliphatic rings. The molecule has 1 aromatic heterocycles. The van der Waals surface area contributed by atoms with E-state index in [9.17, 15) is 0 Å². The Balaban J connectivity index is 1.66. The fraction of sp³-hybridized carbons (Fsp3) is 0.353. The summed E-state index contributed by atoms with van der Waals surface area (Å²) in [5.41, 5.74) is 11.1. The molecule has 0 aliphatic carbocycles. The molecule has 0 amide bonds. The molecule has 0 radical (unpaired) electrons. The maximum Gasteiger partial charge on any atom is 0.122 e. The van der Waals surface area contributed by atoms with Crippen molar-refractivity contribution in [3.05, 3.63) is 58.9 Å². The summed E-state index contributed by atoms with van der Waals surface area (Å²) in [6, 6.07) is 10.6. The van der Waals surface area contributed by atoms with Gasteiger partial charge in [0.05, 0.1) is 6.61 Å². The summed E-state index contributed by atoms with van der Waals surface area (Å²) in [7, 11) is 0. The Hall–Kier alpha value is -1.87. The van der Waals surface area contributed by atoms with Gasteiger partial charge in [-0.3, -0.25) is 4.98 Å². The van der Waals surface area contributed by atoms with Crippen LogP contribution in [-0.2, 0) is 12.8 Å². The topological polar surface area (TPSA) is 48.1 Å². The number of fused-ring (bicyclic) bond motifs is 1. The van der Waals surface area contributed by atoms with Crippen LogP contribution in [0, 0.1) is 6.92 Å². The molecule has 3 heteroatoms. The van der Waals surface area contributed by atoms with E-state index < -0.39 is 0 Å². The van der Waals surface area contributed by atoms with E-state index in [0.717, 1.165) is 42.9 Å². The number of nitrogens with zero attached hydrogens (tertiary/aromatic N) is 1. The van der Waals surface area contributed by atoms with Crippen LogP contribution in [-0.4, -0.2) is 11.6 Å². The second-order valence-electron chi connectivity index (χ2n) is 5.36. The predicted octanol–water partition coefficient (Wildman–Crippen LogP) is 2.96. The molecule has 2 N–H and O–H groups in total. The third-order valence-corrected chi connectivity index (χ3v) is 3.95. The van der Waals surface area contributed by atoms with Crippen molar-refractivity contribution in [1.29, 1.82) is 0 Å². The van der Waals surface area contributed by atoms with Crippen LogP contribution >= 0.6 is 0 Å². The molecule has 0 fully saturated rings. The second kappa shape index (κ2) is 5.63. The Morgan fingerprint density at radius 3 is 3.10 bits per heavy atom. The summed E-state index contributed by atoms with van der Waals surface area (Å²) < 4.78 is 5.53. The molecule has 1 unspecified atom stereocenters. The molecule has 2 heterocycles. The Morgan fingerprint density at radius 2 is 2.25 bits per heavy atom. The van der Waals surface area contributed by atoms with Crippen molar-refractivity contribution in [3.63, 3.8) is 0 Å². The number of hydrogen-bond donors (Lipinski definition) is 1. The van der Waals surface area contributed by atoms with Crippen molar-refractivity contribution in [1.82, 2.24) is 4.98 Å². The minimum Gasteiger partial charge on any atom is -0.493 e. The second-order valence-corrected chi connectivity index (χ2v) is 5.36. The van der Waals surface area contributed by atoms with E-state index in [0.29, 0.717) is 0 Å². The van der Waals surface area contributed by atoms with Crippen molar-refractivity contribution in [2.24, 2.45) is 5.73 Å². The molecule has 0 saturated carbocycles. The zero-order valence-corrected chi connectivity index (χ0v) is 11.8. The zero-order chi connectivity index (χ0) is 13.9. The molecule has 1 aromatic carbocycles. The number of aromatic nitrogens is 1. The van der Waals surface area contributed by atoms with Gasteiger partial charge in [-0.2, -0.15) is 0 Å². The van der Waals surface area contributed by atoms with Crippen molar-refractivity contribution in [3.8, 4) is 5.75 Å². The summed E-state index contributed by atoms with van der Waals surface area (Å²) in [4.78, 5) is 4.31. The van der Waals surface area contributed by atoms with Crippen molar-refractivity contribution in [2.75, 3.05) is 6.61 Å². The minimum atomic E-state index is 0.0493. The lowest BCUT2D eigenvalue weighted by Gasteiger charge is -2.14. The van der Waals surface area contributed by atoms with Crippen LogP contribution in [0.1, 0.15) is 34.8 Å². The lowest BCUT2D eigenvalue weighted by atomic mass is 9.97. The molecule has 0 bridgehead atoms. The normalized spacial score (nSPS) is 14.7. The van der Waals surface area contributed by atoms with Crippen LogP contribution in [0.15, 0.2) is 36.5 Å². The number of hydrogen-bond acceptors (Lipinski definition) is 3. The van der Waals surface area contributed by atoms with Gasteiger partial charge in [0.25, 0.3) is 0 Å². The van der Waals surface area contributed by atoms with Crippen LogP contribution in [0.25, 0.3) is 0 Å². The van der Waals surface area contributed by atoms with Crippen molar-refractivity contribution < 1.29 is 4.74 Å². The number of nitrogens with two attached hydrogens (primary N) is 1. The largest absolute Gasteiger partial charge is 0.493 e. The first-order chi connectivity index (χ1) is 9.74. The molecule has 2 aromatic rings. The molecule has 20 heavy (non-hydrogen) atoms. The van der Waals surface area contributed by atoms with Crippen LogP contribution < -0.4 is 10.5 Å². The minimum absolute atomic E-state index is 0.0493. The number of pyridine rings is 1. The van der Waals surface area contributed by atoms with Crippen LogP contribution in [0.3, 0.4) is 0 Å². The maximum atomic E-state index is 6.29. The van der Waals surface area contributed by atoms with Gasteiger partial charge < -0.3 is 10.5 Å². The molecule has 3 rings (SSSR count). The summed E-state index contributed by atoms with van der Waals surface area (Å²) in [6.07, 6.45) is 4.76. The van der Waals surface area contributed by atoms with Gasteiger partial charge in [-0.15, -0.1) is 0 Å². The number of ether oxygens (including phenoxy) is 1. The highest BCUT2D eigenvalue weighted by Crippen LogP contribution is 2.27. The van der Waals surface area contributed by atoms with E-state index in [1.807, 2.05) is 19.2 Å². The van der Waals surface area contributed by atoms with Gasteiger partial charge in [0.2, 0.25) is 0 Å². The lowest BCUT2D eigenvalue weighted by molar-refractivity contribution is 0.357. The lowest BCUT2D eigenvalue weighted by Crippen LogP contribution is -2.13. The van der Waals surface area contributed by atoms with Crippen LogP contribution in [0.4, 0.5) is 0 Å². The van der Waals surface area contributed by atoms with E-state index in [2.05, 4.69) is 29.2 Å². The molecule has 104 valence electrons. The average Bonchev–Trinajstić information content (AvgIpc) is 2.92. The van der Waals surface area contributed by atoms with E-state index in [1.54, 1.807) is 0 Å². The highest BCUT2D eigenvalue weighted by molar-refractivity contribution is 5.40. The molecule has 3 nitrogen and oxygen atoms in total. The van der Waals surface area contributed by atoms with Crippen molar-refractivity contribution >= 4 is 0 Å². The molecule has 1 aliphatic heterocycles. The summed E-state index contributed by atoms with van der Waals surface area (Å²) in [5.74, 6) is 1.04. The predicted molar refractivity (Wildman–Crippen MR) is 79.9 cm³/mol. The SMILES string of the molecule is Cc1ncccc1C(N)CCc1ccc2c(c1)CCO2. The van der Waals surface area contributed by atoms with Gasteiger partial charge >= 0.3 is 0 Å². The van der Waals surface area contributed by atoms with E-state index >= 15 is 0 Å². The molecule has 0 saturated heterocycles. The van der Waals surface area contributed by atoms with E-state index in [-0.39, 0.29) is 6.04 Å². The molecule has 1 atom stereocenters. The summed E-state index contributed by atoms with van der Waals surface area (Å²) >= 11 is 0. The zero-order valence-electron chi connectivity index (χ0n) is 11.8. The number of aryl methyl sites for hydroxylation is 2. The smallest absolute Gasteiger partial charge is 0.122 e. The van der Waals surface area contributed by atoms with Crippen molar-refractivity contribution in [2.45, 2.75) is 32.2 Å². The summed E-state index contributed by atoms with van der Waals surface area (Å²) in [5, 5.41) is 0. The monoisotopic (exact) mass is 268 g/mol. The standard InChI is InChI=1S/C17H20N2O/c1-12-15(3-2-9-19-12)16(18)6-4-13-5-7-17-14(11-13)8-10-20-17/h2-3,5,7,9,11,16H,4,6,8,10,18H2,1H3. The fourth-order valence-corrected chi connectivity index (χ4v) is 2.76. The first kappa shape index (κ1) is 13.1. The number of benzene rings is 1. The highest BCUT2D eigenvalue weighted by Gasteiger charge is 2.13. The Bertz CT molecular complexity index is 610. The Labute approximate surface area is 119 Å². The average molecular weight is 268 g/mol. The third-order valence-electron chi connectivity index (χ3n) is 3.95. The Morgan fingerprint density at radius 1 is 1.35 bits per heavy atom. The number of rotatable bonds is 4. The molecule has 0 spiro atoms. The fourth-order valence-electron chi connectivity index (χ4n) is 2.76.